The lowest BCUT2D eigenvalue weighted by molar-refractivity contribution is 0.0981. The maximum absolute atomic E-state index is 11.6. The average Bonchev–Trinajstić information content (AvgIpc) is 2.64. The lowest BCUT2D eigenvalue weighted by Crippen LogP contribution is -2.10. The molecule has 0 amide bonds. The van der Waals surface area contributed by atoms with Crippen LogP contribution in [0.4, 0.5) is 0 Å². The summed E-state index contributed by atoms with van der Waals surface area (Å²) in [5.41, 5.74) is 0.315. The molecule has 1 heterocycles. The fourth-order valence-electron chi connectivity index (χ4n) is 1.23. The molecule has 1 rings (SSSR count). The highest BCUT2D eigenvalue weighted by atomic mass is 35.5. The third kappa shape index (κ3) is 3.64. The number of halogens is 1. The van der Waals surface area contributed by atoms with Crippen molar-refractivity contribution in [2.24, 2.45) is 0 Å². The first-order valence-electron chi connectivity index (χ1n) is 4.93. The van der Waals surface area contributed by atoms with E-state index in [1.807, 2.05) is 0 Å². The first-order valence-corrected chi connectivity index (χ1v) is 7.13. The number of carbonyl (C=O) groups excluding carboxylic acids is 1. The van der Waals surface area contributed by atoms with Crippen LogP contribution in [-0.2, 0) is 9.84 Å². The summed E-state index contributed by atoms with van der Waals surface area (Å²) in [6, 6.07) is 1.49. The van der Waals surface area contributed by atoms with Crippen LogP contribution in [0, 0.1) is 0 Å². The molecule has 4 nitrogen and oxygen atoms in total. The number of Topliss-reactive ketones (excluding diaryl/α,β-unsaturated/α-hetero) is 1. The molecule has 0 aliphatic rings. The molecular formula is C10H13ClO4S. The van der Waals surface area contributed by atoms with Crippen LogP contribution >= 0.6 is 11.6 Å². The van der Waals surface area contributed by atoms with E-state index in [0.717, 1.165) is 0 Å². The van der Waals surface area contributed by atoms with E-state index >= 15 is 0 Å². The first kappa shape index (κ1) is 13.3. The van der Waals surface area contributed by atoms with E-state index in [2.05, 4.69) is 0 Å². The van der Waals surface area contributed by atoms with Crippen LogP contribution in [-0.4, -0.2) is 25.7 Å². The molecule has 90 valence electrons. The smallest absolute Gasteiger partial charge is 0.203 e. The number of sulfone groups is 1. The fourth-order valence-corrected chi connectivity index (χ4v) is 2.32. The van der Waals surface area contributed by atoms with Gasteiger partial charge in [-0.05, 0) is 24.1 Å². The maximum atomic E-state index is 11.6. The number of carbonyl (C=O) groups is 1. The van der Waals surface area contributed by atoms with Gasteiger partial charge in [0, 0.05) is 12.2 Å². The number of hydrogen-bond donors (Lipinski definition) is 0. The molecular weight excluding hydrogens is 252 g/mol. The van der Waals surface area contributed by atoms with Crippen molar-refractivity contribution in [1.29, 1.82) is 0 Å². The average molecular weight is 265 g/mol. The van der Waals surface area contributed by atoms with Gasteiger partial charge in [0.2, 0.25) is 5.22 Å². The molecule has 0 unspecified atom stereocenters. The van der Waals surface area contributed by atoms with Crippen LogP contribution in [0.3, 0.4) is 0 Å². The predicted molar refractivity (Wildman–Crippen MR) is 61.6 cm³/mol. The monoisotopic (exact) mass is 264 g/mol. The molecule has 0 saturated carbocycles. The van der Waals surface area contributed by atoms with Gasteiger partial charge >= 0.3 is 0 Å². The lowest BCUT2D eigenvalue weighted by atomic mass is 10.1. The third-order valence-corrected chi connectivity index (χ3v) is 4.30. The fraction of sp³-hybridized carbons (Fsp3) is 0.500. The summed E-state index contributed by atoms with van der Waals surface area (Å²) in [6.07, 6.45) is 1.81. The van der Waals surface area contributed by atoms with Gasteiger partial charge in [0.05, 0.1) is 17.6 Å². The van der Waals surface area contributed by atoms with Crippen molar-refractivity contribution in [2.45, 2.75) is 19.8 Å². The molecule has 0 aliphatic carbocycles. The molecule has 0 N–H and O–H groups in total. The quantitative estimate of drug-likeness (QED) is 0.740. The van der Waals surface area contributed by atoms with Crippen molar-refractivity contribution >= 4 is 27.2 Å². The predicted octanol–water partition coefficient (Wildman–Crippen LogP) is 2.33. The Bertz CT molecular complexity index is 461. The molecule has 1 aromatic heterocycles. The van der Waals surface area contributed by atoms with Gasteiger partial charge in [-0.1, -0.05) is 6.92 Å². The Morgan fingerprint density at radius 2 is 2.19 bits per heavy atom. The molecule has 0 spiro atoms. The van der Waals surface area contributed by atoms with Gasteiger partial charge in [-0.2, -0.15) is 0 Å². The van der Waals surface area contributed by atoms with Crippen LogP contribution in [0.25, 0.3) is 0 Å². The van der Waals surface area contributed by atoms with Crippen LogP contribution in [0.5, 0.6) is 0 Å². The van der Waals surface area contributed by atoms with Gasteiger partial charge in [-0.15, -0.1) is 0 Å². The number of hydrogen-bond acceptors (Lipinski definition) is 4. The van der Waals surface area contributed by atoms with Crippen molar-refractivity contribution < 1.29 is 17.6 Å². The Balaban J connectivity index is 2.46. The molecule has 0 radical (unpaired) electrons. The standard InChI is InChI=1S/C10H13ClO4S/c1-2-16(13,14)7-3-4-9(12)8-5-6-15-10(8)11/h5-6H,2-4,7H2,1H3. The highest BCUT2D eigenvalue weighted by molar-refractivity contribution is 7.91. The summed E-state index contributed by atoms with van der Waals surface area (Å²) in [4.78, 5) is 11.6. The van der Waals surface area contributed by atoms with Crippen LogP contribution in [0.15, 0.2) is 16.7 Å². The minimum atomic E-state index is -3.00. The highest BCUT2D eigenvalue weighted by Crippen LogP contribution is 2.18. The molecule has 6 heteroatoms. The molecule has 1 aromatic rings. The second-order valence-electron chi connectivity index (χ2n) is 3.37. The Morgan fingerprint density at radius 3 is 2.69 bits per heavy atom. The summed E-state index contributed by atoms with van der Waals surface area (Å²) in [6.45, 7) is 1.59. The van der Waals surface area contributed by atoms with Crippen molar-refractivity contribution in [3.8, 4) is 0 Å². The second-order valence-corrected chi connectivity index (χ2v) is 6.19. The van der Waals surface area contributed by atoms with Crippen molar-refractivity contribution in [2.75, 3.05) is 11.5 Å². The summed E-state index contributed by atoms with van der Waals surface area (Å²) in [7, 11) is -3.00. The maximum Gasteiger partial charge on any atom is 0.203 e. The summed E-state index contributed by atoms with van der Waals surface area (Å²) >= 11 is 5.63. The van der Waals surface area contributed by atoms with E-state index in [0.29, 0.717) is 12.0 Å². The van der Waals surface area contributed by atoms with Gasteiger partial charge in [-0.3, -0.25) is 4.79 Å². The van der Waals surface area contributed by atoms with E-state index in [1.165, 1.54) is 12.3 Å². The van der Waals surface area contributed by atoms with E-state index in [1.54, 1.807) is 6.92 Å². The topological polar surface area (TPSA) is 64.3 Å². The zero-order valence-corrected chi connectivity index (χ0v) is 10.5. The summed E-state index contributed by atoms with van der Waals surface area (Å²) in [5, 5.41) is 0.0587. The normalized spacial score (nSPS) is 11.6. The summed E-state index contributed by atoms with van der Waals surface area (Å²) < 4.78 is 27.1. The number of furan rings is 1. The Labute approximate surface area is 99.5 Å². The molecule has 0 bridgehead atoms. The van der Waals surface area contributed by atoms with Gasteiger partial charge in [0.1, 0.15) is 9.84 Å². The van der Waals surface area contributed by atoms with Gasteiger partial charge < -0.3 is 4.42 Å². The van der Waals surface area contributed by atoms with Crippen molar-refractivity contribution in [1.82, 2.24) is 0 Å². The molecule has 0 fully saturated rings. The van der Waals surface area contributed by atoms with Crippen LogP contribution in [0.1, 0.15) is 30.1 Å². The van der Waals surface area contributed by atoms with Gasteiger partial charge in [0.25, 0.3) is 0 Å². The highest BCUT2D eigenvalue weighted by Gasteiger charge is 2.14. The van der Waals surface area contributed by atoms with E-state index in [9.17, 15) is 13.2 Å². The van der Waals surface area contributed by atoms with Crippen molar-refractivity contribution in [3.63, 3.8) is 0 Å². The lowest BCUT2D eigenvalue weighted by Gasteiger charge is -2.00. The Kier molecular flexibility index (Phi) is 4.56. The zero-order valence-electron chi connectivity index (χ0n) is 8.90. The van der Waals surface area contributed by atoms with Crippen LogP contribution in [0.2, 0.25) is 5.22 Å². The molecule has 0 saturated heterocycles. The summed E-state index contributed by atoms with van der Waals surface area (Å²) in [5.74, 6) is -0.0525. The van der Waals surface area contributed by atoms with Gasteiger partial charge in [-0.25, -0.2) is 8.42 Å². The van der Waals surface area contributed by atoms with Crippen LogP contribution < -0.4 is 0 Å². The SMILES string of the molecule is CCS(=O)(=O)CCCC(=O)c1ccoc1Cl. The van der Waals surface area contributed by atoms with Crippen molar-refractivity contribution in [3.05, 3.63) is 23.1 Å². The van der Waals surface area contributed by atoms with E-state index in [-0.39, 0.29) is 28.9 Å². The third-order valence-electron chi connectivity index (χ3n) is 2.22. The van der Waals surface area contributed by atoms with E-state index in [4.69, 9.17) is 16.0 Å². The van der Waals surface area contributed by atoms with Gasteiger partial charge in [0.15, 0.2) is 5.78 Å². The minimum absolute atomic E-state index is 0.0325. The zero-order chi connectivity index (χ0) is 12.2. The molecule has 0 aromatic carbocycles. The largest absolute Gasteiger partial charge is 0.452 e. The first-order chi connectivity index (χ1) is 7.46. The number of rotatable bonds is 6. The Hall–Kier alpha value is -0.810. The number of ketones is 1. The second kappa shape index (κ2) is 5.50. The van der Waals surface area contributed by atoms with E-state index < -0.39 is 9.84 Å². The minimum Gasteiger partial charge on any atom is -0.452 e. The molecule has 0 atom stereocenters. The molecule has 16 heavy (non-hydrogen) atoms. The Morgan fingerprint density at radius 1 is 1.50 bits per heavy atom. The molecule has 0 aliphatic heterocycles.